The van der Waals surface area contributed by atoms with Crippen molar-refractivity contribution in [3.63, 3.8) is 0 Å². The fourth-order valence-corrected chi connectivity index (χ4v) is 10.7. The minimum Gasteiger partial charge on any atom is -0.310 e. The predicted octanol–water partition coefficient (Wildman–Crippen LogP) is 15.1. The van der Waals surface area contributed by atoms with Crippen molar-refractivity contribution in [3.8, 4) is 33.4 Å². The van der Waals surface area contributed by atoms with E-state index in [2.05, 4.69) is 179 Å². The SMILES string of the molecule is c1ccc(-c2ccc(N(c3ccc(-c4ccccc4)cc3)c3c4c(c(-c5cc6c7ccccc7n7c8ccccc8c(c5)c67)c5c3CCCC5)CCCC4)cc2)cc1. The molecule has 2 aliphatic rings. The first kappa shape index (κ1) is 33.5. The second-order valence-electron chi connectivity index (χ2n) is 16.5. The number of benzene rings is 8. The van der Waals surface area contributed by atoms with Crippen LogP contribution < -0.4 is 4.90 Å². The molecular weight excluding hydrogens is 701 g/mol. The first-order chi connectivity index (χ1) is 28.8. The van der Waals surface area contributed by atoms with Crippen LogP contribution in [0, 0.1) is 0 Å². The summed E-state index contributed by atoms with van der Waals surface area (Å²) in [6, 6.07) is 63.4. The predicted molar refractivity (Wildman–Crippen MR) is 245 cm³/mol. The number of nitrogens with zero attached hydrogens (tertiary/aromatic N) is 2. The molecule has 8 aromatic carbocycles. The van der Waals surface area contributed by atoms with E-state index in [0.29, 0.717) is 0 Å². The zero-order chi connectivity index (χ0) is 38.2. The van der Waals surface area contributed by atoms with Crippen LogP contribution in [-0.2, 0) is 25.7 Å². The summed E-state index contributed by atoms with van der Waals surface area (Å²) in [5, 5.41) is 5.43. The minimum absolute atomic E-state index is 1.10. The van der Waals surface area contributed by atoms with Gasteiger partial charge >= 0.3 is 0 Å². The summed E-state index contributed by atoms with van der Waals surface area (Å²) in [7, 11) is 0. The minimum atomic E-state index is 1.10. The Kier molecular flexibility index (Phi) is 7.79. The van der Waals surface area contributed by atoms with Gasteiger partial charge in [0.2, 0.25) is 0 Å². The van der Waals surface area contributed by atoms with E-state index in [4.69, 9.17) is 0 Å². The molecule has 2 aromatic heterocycles. The Morgan fingerprint density at radius 2 is 0.741 bits per heavy atom. The highest BCUT2D eigenvalue weighted by Gasteiger charge is 2.32. The number of para-hydroxylation sites is 2. The number of hydrogen-bond donors (Lipinski definition) is 0. The molecule has 2 aliphatic carbocycles. The van der Waals surface area contributed by atoms with E-state index in [1.807, 2.05) is 0 Å². The topological polar surface area (TPSA) is 7.65 Å². The molecule has 12 rings (SSSR count). The van der Waals surface area contributed by atoms with Crippen molar-refractivity contribution in [1.82, 2.24) is 4.40 Å². The maximum atomic E-state index is 2.63. The molecule has 0 amide bonds. The highest BCUT2D eigenvalue weighted by Crippen LogP contribution is 2.51. The van der Waals surface area contributed by atoms with Gasteiger partial charge in [-0.2, -0.15) is 0 Å². The summed E-state index contributed by atoms with van der Waals surface area (Å²) in [6.45, 7) is 0. The molecule has 0 unspecified atom stereocenters. The lowest BCUT2D eigenvalue weighted by Crippen LogP contribution is -2.21. The first-order valence-electron chi connectivity index (χ1n) is 21.3. The molecule has 0 spiro atoms. The molecule has 0 N–H and O–H groups in total. The van der Waals surface area contributed by atoms with Crippen molar-refractivity contribution in [1.29, 1.82) is 0 Å². The number of hydrogen-bond acceptors (Lipinski definition) is 1. The number of anilines is 3. The lowest BCUT2D eigenvalue weighted by atomic mass is 9.75. The monoisotopic (exact) mass is 744 g/mol. The van der Waals surface area contributed by atoms with E-state index in [9.17, 15) is 0 Å². The number of aromatic nitrogens is 1. The van der Waals surface area contributed by atoms with Crippen LogP contribution in [0.15, 0.2) is 170 Å². The Labute approximate surface area is 340 Å². The summed E-state index contributed by atoms with van der Waals surface area (Å²) >= 11 is 0. The lowest BCUT2D eigenvalue weighted by molar-refractivity contribution is 0.661. The summed E-state index contributed by atoms with van der Waals surface area (Å²) in [5.41, 5.74) is 22.0. The Morgan fingerprint density at radius 1 is 0.345 bits per heavy atom. The van der Waals surface area contributed by atoms with Gasteiger partial charge in [-0.3, -0.25) is 0 Å². The van der Waals surface area contributed by atoms with Crippen LogP contribution in [0.3, 0.4) is 0 Å². The van der Waals surface area contributed by atoms with Crippen LogP contribution in [-0.4, -0.2) is 4.40 Å². The third kappa shape index (κ3) is 5.17. The van der Waals surface area contributed by atoms with Gasteiger partial charge in [0.05, 0.1) is 22.2 Å². The molecule has 278 valence electrons. The molecule has 0 saturated carbocycles. The van der Waals surface area contributed by atoms with Crippen molar-refractivity contribution in [2.45, 2.75) is 51.4 Å². The van der Waals surface area contributed by atoms with Gasteiger partial charge in [-0.25, -0.2) is 0 Å². The van der Waals surface area contributed by atoms with Crippen molar-refractivity contribution >= 4 is 55.2 Å². The molecule has 0 bridgehead atoms. The van der Waals surface area contributed by atoms with E-state index in [1.54, 1.807) is 22.3 Å². The molecule has 0 aliphatic heterocycles. The fourth-order valence-electron chi connectivity index (χ4n) is 10.7. The maximum absolute atomic E-state index is 2.63. The molecule has 10 aromatic rings. The summed E-state index contributed by atoms with van der Waals surface area (Å²) < 4.78 is 2.51. The quantitative estimate of drug-likeness (QED) is 0.165. The van der Waals surface area contributed by atoms with Gasteiger partial charge in [0.15, 0.2) is 0 Å². The van der Waals surface area contributed by atoms with E-state index in [-0.39, 0.29) is 0 Å². The van der Waals surface area contributed by atoms with Crippen LogP contribution >= 0.6 is 0 Å². The van der Waals surface area contributed by atoms with Gasteiger partial charge in [0.1, 0.15) is 0 Å². The van der Waals surface area contributed by atoms with Crippen LogP contribution in [0.2, 0.25) is 0 Å². The second kappa shape index (κ2) is 13.5. The normalized spacial score (nSPS) is 14.0. The standard InChI is InChI=1S/C56H44N2/c1-3-15-37(16-4-1)39-27-31-42(32-28-39)57(43-33-29-40(30-34-43)38-17-5-2-6-18-38)55-48-23-9-7-21-46(48)54(47-22-8-10-24-49(47)55)41-35-50-44-19-11-13-25-52(44)58-53-26-14-12-20-45(53)51(36-41)56(50)58/h1-6,11-20,25-36H,7-10,21-24H2. The molecule has 0 fully saturated rings. The Morgan fingerprint density at radius 3 is 1.21 bits per heavy atom. The van der Waals surface area contributed by atoms with Gasteiger partial charge in [0.25, 0.3) is 0 Å². The van der Waals surface area contributed by atoms with Gasteiger partial charge < -0.3 is 9.30 Å². The molecule has 2 heteroatoms. The average molecular weight is 745 g/mol. The van der Waals surface area contributed by atoms with Crippen LogP contribution in [0.5, 0.6) is 0 Å². The van der Waals surface area contributed by atoms with E-state index in [0.717, 1.165) is 25.7 Å². The van der Waals surface area contributed by atoms with E-state index >= 15 is 0 Å². The Bertz CT molecular complexity index is 2930. The van der Waals surface area contributed by atoms with Gasteiger partial charge in [0, 0.05) is 32.9 Å². The lowest BCUT2D eigenvalue weighted by Gasteiger charge is -2.37. The maximum Gasteiger partial charge on any atom is 0.0620 e. The number of rotatable bonds is 6. The average Bonchev–Trinajstić information content (AvgIpc) is 3.82. The van der Waals surface area contributed by atoms with Gasteiger partial charge in [-0.15, -0.1) is 0 Å². The van der Waals surface area contributed by atoms with Crippen LogP contribution in [0.1, 0.15) is 47.9 Å². The van der Waals surface area contributed by atoms with Gasteiger partial charge in [-0.1, -0.05) is 121 Å². The van der Waals surface area contributed by atoms with Crippen LogP contribution in [0.4, 0.5) is 17.1 Å². The fraction of sp³-hybridized carbons (Fsp3) is 0.143. The molecular formula is C56H44N2. The van der Waals surface area contributed by atoms with Crippen molar-refractivity contribution in [2.24, 2.45) is 0 Å². The van der Waals surface area contributed by atoms with Crippen LogP contribution in [0.25, 0.3) is 71.5 Å². The highest BCUT2D eigenvalue weighted by molar-refractivity contribution is 6.24. The third-order valence-corrected chi connectivity index (χ3v) is 13.3. The van der Waals surface area contributed by atoms with Gasteiger partial charge in [-0.05, 0) is 156 Å². The molecule has 2 heterocycles. The molecule has 0 radical (unpaired) electrons. The Hall–Kier alpha value is -6.64. The van der Waals surface area contributed by atoms with Crippen molar-refractivity contribution in [3.05, 3.63) is 192 Å². The first-order valence-corrected chi connectivity index (χ1v) is 21.3. The molecule has 0 saturated heterocycles. The third-order valence-electron chi connectivity index (χ3n) is 13.3. The summed E-state index contributed by atoms with van der Waals surface area (Å²) in [6.07, 6.45) is 9.33. The molecule has 0 atom stereocenters. The van der Waals surface area contributed by atoms with E-state index in [1.165, 1.54) is 114 Å². The highest BCUT2D eigenvalue weighted by atomic mass is 15.1. The smallest absolute Gasteiger partial charge is 0.0620 e. The molecule has 58 heavy (non-hydrogen) atoms. The Balaban J connectivity index is 1.11. The van der Waals surface area contributed by atoms with Crippen molar-refractivity contribution in [2.75, 3.05) is 4.90 Å². The summed E-state index contributed by atoms with van der Waals surface area (Å²) in [4.78, 5) is 2.63. The second-order valence-corrected chi connectivity index (χ2v) is 16.5. The van der Waals surface area contributed by atoms with Crippen molar-refractivity contribution < 1.29 is 0 Å². The molecule has 2 nitrogen and oxygen atoms in total. The van der Waals surface area contributed by atoms with E-state index < -0.39 is 0 Å². The zero-order valence-electron chi connectivity index (χ0n) is 32.7. The number of fused-ring (bicyclic) bond motifs is 8. The largest absolute Gasteiger partial charge is 0.310 e. The summed E-state index contributed by atoms with van der Waals surface area (Å²) in [5.74, 6) is 0. The zero-order valence-corrected chi connectivity index (χ0v) is 32.7.